The van der Waals surface area contributed by atoms with Crippen LogP contribution in [0.5, 0.6) is 11.5 Å². The molecular weight excluding hydrogens is 423 g/mol. The van der Waals surface area contributed by atoms with Gasteiger partial charge in [-0.25, -0.2) is 8.42 Å². The molecule has 0 aromatic heterocycles. The number of fused-ring (bicyclic) bond motifs is 2. The van der Waals surface area contributed by atoms with E-state index in [9.17, 15) is 13.2 Å². The van der Waals surface area contributed by atoms with Crippen LogP contribution in [0.3, 0.4) is 0 Å². The lowest BCUT2D eigenvalue weighted by Crippen LogP contribution is -2.15. The summed E-state index contributed by atoms with van der Waals surface area (Å²) in [6.45, 7) is 0. The molecule has 3 aromatic rings. The first-order chi connectivity index (χ1) is 13.3. The molecule has 6 nitrogen and oxygen atoms in total. The van der Waals surface area contributed by atoms with E-state index in [1.807, 2.05) is 0 Å². The molecular formula is C19H12Cl2N2O4S. The number of rotatable bonds is 3. The lowest BCUT2D eigenvalue weighted by molar-refractivity contribution is 0.102. The normalized spacial score (nSPS) is 12.9. The first-order valence-corrected chi connectivity index (χ1v) is 10.3. The van der Waals surface area contributed by atoms with E-state index in [1.165, 1.54) is 30.3 Å². The SMILES string of the molecule is O=C1Nc2cc(Cl)ccc2Oc2ccc(NS(=O)(=O)c3ccccc3Cl)cc21. The molecule has 0 fully saturated rings. The topological polar surface area (TPSA) is 84.5 Å². The third-order valence-electron chi connectivity index (χ3n) is 4.01. The maximum Gasteiger partial charge on any atom is 0.263 e. The highest BCUT2D eigenvalue weighted by Gasteiger charge is 2.23. The Balaban J connectivity index is 1.69. The molecule has 4 rings (SSSR count). The minimum absolute atomic E-state index is 0.0608. The molecule has 3 aromatic carbocycles. The van der Waals surface area contributed by atoms with Gasteiger partial charge in [0.15, 0.2) is 5.75 Å². The van der Waals surface area contributed by atoms with E-state index >= 15 is 0 Å². The van der Waals surface area contributed by atoms with Gasteiger partial charge in [0.1, 0.15) is 10.6 Å². The number of ether oxygens (including phenoxy) is 1. The lowest BCUT2D eigenvalue weighted by Gasteiger charge is -2.12. The van der Waals surface area contributed by atoms with Crippen molar-refractivity contribution in [2.45, 2.75) is 4.90 Å². The number of carbonyl (C=O) groups excluding carboxylic acids is 1. The van der Waals surface area contributed by atoms with E-state index in [2.05, 4.69) is 10.0 Å². The van der Waals surface area contributed by atoms with Gasteiger partial charge in [0.2, 0.25) is 0 Å². The van der Waals surface area contributed by atoms with Crippen molar-refractivity contribution in [3.63, 3.8) is 0 Å². The Morgan fingerprint density at radius 3 is 2.46 bits per heavy atom. The van der Waals surface area contributed by atoms with Crippen LogP contribution in [-0.2, 0) is 10.0 Å². The predicted octanol–water partition coefficient (Wildman–Crippen LogP) is 5.15. The number of hydrogen-bond acceptors (Lipinski definition) is 4. The van der Waals surface area contributed by atoms with Crippen LogP contribution in [0.15, 0.2) is 65.6 Å². The average molecular weight is 435 g/mol. The summed E-state index contributed by atoms with van der Waals surface area (Å²) in [5.41, 5.74) is 0.792. The molecule has 0 aliphatic carbocycles. The van der Waals surface area contributed by atoms with Gasteiger partial charge in [-0.15, -0.1) is 0 Å². The number of sulfonamides is 1. The molecule has 0 saturated carbocycles. The highest BCUT2D eigenvalue weighted by molar-refractivity contribution is 7.92. The fourth-order valence-corrected chi connectivity index (χ4v) is 4.47. The second-order valence-corrected chi connectivity index (χ2v) is 8.44. The number of benzene rings is 3. The lowest BCUT2D eigenvalue weighted by atomic mass is 10.1. The van der Waals surface area contributed by atoms with Crippen molar-refractivity contribution in [1.29, 1.82) is 0 Å². The van der Waals surface area contributed by atoms with Crippen molar-refractivity contribution in [1.82, 2.24) is 0 Å². The van der Waals surface area contributed by atoms with Crippen LogP contribution in [-0.4, -0.2) is 14.3 Å². The molecule has 28 heavy (non-hydrogen) atoms. The van der Waals surface area contributed by atoms with Gasteiger partial charge < -0.3 is 10.1 Å². The second kappa shape index (κ2) is 7.01. The van der Waals surface area contributed by atoms with E-state index < -0.39 is 15.9 Å². The molecule has 0 bridgehead atoms. The summed E-state index contributed by atoms with van der Waals surface area (Å²) in [6, 6.07) is 15.3. The second-order valence-electron chi connectivity index (χ2n) is 5.94. The zero-order valence-corrected chi connectivity index (χ0v) is 16.4. The van der Waals surface area contributed by atoms with Crippen LogP contribution < -0.4 is 14.8 Å². The molecule has 0 saturated heterocycles. The van der Waals surface area contributed by atoms with Crippen molar-refractivity contribution < 1.29 is 17.9 Å². The van der Waals surface area contributed by atoms with Gasteiger partial charge in [0.25, 0.3) is 15.9 Å². The van der Waals surface area contributed by atoms with Gasteiger partial charge in [-0.3, -0.25) is 9.52 Å². The van der Waals surface area contributed by atoms with Crippen molar-refractivity contribution in [3.8, 4) is 11.5 Å². The largest absolute Gasteiger partial charge is 0.454 e. The van der Waals surface area contributed by atoms with E-state index in [-0.39, 0.29) is 21.2 Å². The Labute approximate surface area is 171 Å². The zero-order chi connectivity index (χ0) is 19.9. The highest BCUT2D eigenvalue weighted by atomic mass is 35.5. The first-order valence-electron chi connectivity index (χ1n) is 8.04. The van der Waals surface area contributed by atoms with Crippen molar-refractivity contribution >= 4 is 50.5 Å². The third-order valence-corrected chi connectivity index (χ3v) is 6.13. The van der Waals surface area contributed by atoms with Crippen molar-refractivity contribution in [2.75, 3.05) is 10.0 Å². The Bertz CT molecular complexity index is 1210. The molecule has 2 N–H and O–H groups in total. The summed E-state index contributed by atoms with van der Waals surface area (Å²) in [4.78, 5) is 12.5. The van der Waals surface area contributed by atoms with Gasteiger partial charge in [-0.1, -0.05) is 35.3 Å². The fourth-order valence-electron chi connectivity index (χ4n) is 2.73. The van der Waals surface area contributed by atoms with Crippen molar-refractivity contribution in [3.05, 3.63) is 76.3 Å². The monoisotopic (exact) mass is 434 g/mol. The summed E-state index contributed by atoms with van der Waals surface area (Å²) in [6.07, 6.45) is 0. The van der Waals surface area contributed by atoms with Crippen LogP contribution in [0.1, 0.15) is 10.4 Å². The molecule has 1 aliphatic rings. The zero-order valence-electron chi connectivity index (χ0n) is 14.1. The smallest absolute Gasteiger partial charge is 0.263 e. The number of nitrogens with one attached hydrogen (secondary N) is 2. The summed E-state index contributed by atoms with van der Waals surface area (Å²) in [5, 5.41) is 3.25. The third kappa shape index (κ3) is 3.52. The number of carbonyl (C=O) groups is 1. The summed E-state index contributed by atoms with van der Waals surface area (Å²) in [5.74, 6) is 0.273. The minimum Gasteiger partial charge on any atom is -0.454 e. The summed E-state index contributed by atoms with van der Waals surface area (Å²) in [7, 11) is -3.93. The van der Waals surface area contributed by atoms with Crippen LogP contribution >= 0.6 is 23.2 Å². The molecule has 0 unspecified atom stereocenters. The molecule has 0 radical (unpaired) electrons. The summed E-state index contributed by atoms with van der Waals surface area (Å²) >= 11 is 11.9. The van der Waals surface area contributed by atoms with Gasteiger partial charge in [-0.2, -0.15) is 0 Å². The highest BCUT2D eigenvalue weighted by Crippen LogP contribution is 2.38. The number of hydrogen-bond donors (Lipinski definition) is 2. The molecule has 1 amide bonds. The standard InChI is InChI=1S/C19H12Cl2N2O4S/c20-11-5-7-17-15(9-11)22-19(24)13-10-12(6-8-16(13)27-17)23-28(25,26)18-4-2-1-3-14(18)21/h1-10,23H,(H,22,24). The molecule has 1 heterocycles. The van der Waals surface area contributed by atoms with Crippen LogP contribution in [0, 0.1) is 0 Å². The van der Waals surface area contributed by atoms with Gasteiger partial charge >= 0.3 is 0 Å². The van der Waals surface area contributed by atoms with E-state index in [4.69, 9.17) is 27.9 Å². The minimum atomic E-state index is -3.93. The molecule has 0 spiro atoms. The Morgan fingerprint density at radius 1 is 0.929 bits per heavy atom. The Morgan fingerprint density at radius 2 is 1.68 bits per heavy atom. The average Bonchev–Trinajstić information content (AvgIpc) is 2.77. The maximum atomic E-state index is 12.6. The van der Waals surface area contributed by atoms with E-state index in [0.717, 1.165) is 0 Å². The maximum absolute atomic E-state index is 12.6. The molecule has 0 atom stereocenters. The Hall–Kier alpha value is -2.74. The molecule has 9 heteroatoms. The molecule has 142 valence electrons. The fraction of sp³-hybridized carbons (Fsp3) is 0. The van der Waals surface area contributed by atoms with Gasteiger partial charge in [-0.05, 0) is 48.5 Å². The molecule has 1 aliphatic heterocycles. The van der Waals surface area contributed by atoms with Gasteiger partial charge in [0.05, 0.1) is 16.3 Å². The van der Waals surface area contributed by atoms with Crippen LogP contribution in [0.2, 0.25) is 10.0 Å². The summed E-state index contributed by atoms with van der Waals surface area (Å²) < 4.78 is 33.4. The Kier molecular flexibility index (Phi) is 4.66. The quantitative estimate of drug-likeness (QED) is 0.596. The van der Waals surface area contributed by atoms with Gasteiger partial charge in [0, 0.05) is 10.7 Å². The van der Waals surface area contributed by atoms with E-state index in [0.29, 0.717) is 22.2 Å². The first kappa shape index (κ1) is 18.6. The van der Waals surface area contributed by atoms with Crippen molar-refractivity contribution in [2.24, 2.45) is 0 Å². The van der Waals surface area contributed by atoms with Crippen LogP contribution in [0.25, 0.3) is 0 Å². The number of anilines is 2. The predicted molar refractivity (Wildman–Crippen MR) is 108 cm³/mol. The van der Waals surface area contributed by atoms with Crippen LogP contribution in [0.4, 0.5) is 11.4 Å². The number of amides is 1. The number of halogens is 2. The van der Waals surface area contributed by atoms with E-state index in [1.54, 1.807) is 30.3 Å².